The Morgan fingerprint density at radius 2 is 1.65 bits per heavy atom. The molecule has 6 nitrogen and oxygen atoms in total. The molecule has 0 saturated carbocycles. The molecule has 2 heterocycles. The normalized spacial score (nSPS) is 18.8. The van der Waals surface area contributed by atoms with E-state index in [1.807, 2.05) is 60.7 Å². The Kier molecular flexibility index (Phi) is 4.12. The van der Waals surface area contributed by atoms with Crippen molar-refractivity contribution in [2.24, 2.45) is 4.99 Å². The lowest BCUT2D eigenvalue weighted by Crippen LogP contribution is -2.40. The maximum atomic E-state index is 12.5. The first kappa shape index (κ1) is 16.3. The van der Waals surface area contributed by atoms with E-state index in [-0.39, 0.29) is 16.8 Å². The van der Waals surface area contributed by atoms with E-state index in [2.05, 4.69) is 10.3 Å². The zero-order valence-electron chi connectivity index (χ0n) is 13.8. The van der Waals surface area contributed by atoms with E-state index in [4.69, 9.17) is 0 Å². The summed E-state index contributed by atoms with van der Waals surface area (Å²) in [6.07, 6.45) is 1.74. The highest BCUT2D eigenvalue weighted by atomic mass is 16.8. The predicted octanol–water partition coefficient (Wildman–Crippen LogP) is 2.56. The van der Waals surface area contributed by atoms with Crippen LogP contribution in [0, 0.1) is 0 Å². The molecule has 130 valence electrons. The largest absolute Gasteiger partial charge is 0.373 e. The molecule has 0 aliphatic carbocycles. The van der Waals surface area contributed by atoms with Crippen molar-refractivity contribution in [3.63, 3.8) is 0 Å². The van der Waals surface area contributed by atoms with Crippen LogP contribution in [0.4, 0.5) is 0 Å². The van der Waals surface area contributed by atoms with Crippen LogP contribution < -0.4 is 5.32 Å². The van der Waals surface area contributed by atoms with Crippen LogP contribution in [0.25, 0.3) is 5.57 Å². The number of carbonyl (C=O) groups is 1. The summed E-state index contributed by atoms with van der Waals surface area (Å²) in [5.41, 5.74) is 4.23. The first-order valence-electron chi connectivity index (χ1n) is 8.25. The molecule has 0 saturated heterocycles. The smallest absolute Gasteiger partial charge is 0.187 e. The molecule has 4 rings (SSSR count). The summed E-state index contributed by atoms with van der Waals surface area (Å²) in [4.78, 5) is 16.8. The fourth-order valence-corrected chi connectivity index (χ4v) is 3.28. The molecule has 1 atom stereocenters. The highest BCUT2D eigenvalue weighted by Crippen LogP contribution is 2.32. The second-order valence-electron chi connectivity index (χ2n) is 6.15. The summed E-state index contributed by atoms with van der Waals surface area (Å²) in [6, 6.07) is 19.0. The fraction of sp³-hybridized carbons (Fsp3) is 0.100. The second-order valence-corrected chi connectivity index (χ2v) is 6.15. The van der Waals surface area contributed by atoms with Gasteiger partial charge in [-0.15, -0.1) is 5.23 Å². The fourth-order valence-electron chi connectivity index (χ4n) is 3.28. The molecular formula is C20H17N3O3. The number of allylic oxidation sites excluding steroid dienone is 1. The average molecular weight is 347 g/mol. The number of rotatable bonds is 4. The number of hydrogen-bond donors (Lipinski definition) is 3. The lowest BCUT2D eigenvalue weighted by Gasteiger charge is -2.19. The van der Waals surface area contributed by atoms with Gasteiger partial charge < -0.3 is 5.32 Å². The highest BCUT2D eigenvalue weighted by molar-refractivity contribution is 6.37. The van der Waals surface area contributed by atoms with Crippen molar-refractivity contribution in [2.75, 3.05) is 0 Å². The van der Waals surface area contributed by atoms with E-state index in [1.54, 1.807) is 0 Å². The van der Waals surface area contributed by atoms with Crippen molar-refractivity contribution in [3.8, 4) is 0 Å². The Hall–Kier alpha value is -3.22. The van der Waals surface area contributed by atoms with Gasteiger partial charge in [0.15, 0.2) is 11.6 Å². The molecule has 0 radical (unpaired) electrons. The summed E-state index contributed by atoms with van der Waals surface area (Å²) < 4.78 is 0. The van der Waals surface area contributed by atoms with E-state index in [0.717, 1.165) is 28.5 Å². The van der Waals surface area contributed by atoms with Gasteiger partial charge >= 0.3 is 0 Å². The van der Waals surface area contributed by atoms with Crippen molar-refractivity contribution in [3.05, 3.63) is 89.4 Å². The molecule has 0 aromatic heterocycles. The van der Waals surface area contributed by atoms with Crippen molar-refractivity contribution >= 4 is 17.1 Å². The van der Waals surface area contributed by atoms with Gasteiger partial charge in [0.25, 0.3) is 0 Å². The molecule has 3 N–H and O–H groups in total. The van der Waals surface area contributed by atoms with Crippen LogP contribution in [0.1, 0.15) is 11.1 Å². The summed E-state index contributed by atoms with van der Waals surface area (Å²) in [5, 5.41) is 21.7. The van der Waals surface area contributed by atoms with Crippen molar-refractivity contribution < 1.29 is 15.2 Å². The molecule has 6 heteroatoms. The number of ketones is 1. The van der Waals surface area contributed by atoms with Crippen molar-refractivity contribution in [2.45, 2.75) is 12.5 Å². The minimum absolute atomic E-state index is 0.126. The minimum Gasteiger partial charge on any atom is -0.373 e. The molecule has 2 aliphatic heterocycles. The maximum Gasteiger partial charge on any atom is 0.187 e. The molecule has 0 amide bonds. The highest BCUT2D eigenvalue weighted by Gasteiger charge is 2.38. The zero-order chi connectivity index (χ0) is 18.1. The summed E-state index contributed by atoms with van der Waals surface area (Å²) >= 11 is 0. The van der Waals surface area contributed by atoms with Crippen LogP contribution in [0.2, 0.25) is 0 Å². The molecule has 2 aliphatic rings. The molecule has 0 spiro atoms. The lowest BCUT2D eigenvalue weighted by molar-refractivity contribution is -0.279. The number of hydrogen-bond acceptors (Lipinski definition) is 6. The number of nitrogens with zero attached hydrogens (tertiary/aromatic N) is 2. The minimum atomic E-state index is -0.618. The van der Waals surface area contributed by atoms with Crippen molar-refractivity contribution in [1.29, 1.82) is 0 Å². The molecule has 0 fully saturated rings. The second kappa shape index (κ2) is 6.59. The van der Waals surface area contributed by atoms with Gasteiger partial charge in [0.05, 0.1) is 5.71 Å². The molecule has 0 bridgehead atoms. The molecule has 1 unspecified atom stereocenters. The standard InChI is InChI=1S/C20H17N3O3/c24-16-12-17(23(25)26)22-20-18(14-9-5-2-6-10-14)15(21-19(16)20)11-13-7-3-1-4-8-13/h1-10,12,19,21,25-26H,11H2. The van der Waals surface area contributed by atoms with Gasteiger partial charge in [0, 0.05) is 23.8 Å². The Labute approximate surface area is 150 Å². The topological polar surface area (TPSA) is 85.2 Å². The van der Waals surface area contributed by atoms with E-state index < -0.39 is 6.04 Å². The van der Waals surface area contributed by atoms with E-state index >= 15 is 0 Å². The molecular weight excluding hydrogens is 330 g/mol. The Morgan fingerprint density at radius 1 is 1.00 bits per heavy atom. The third kappa shape index (κ3) is 2.92. The van der Waals surface area contributed by atoms with Crippen LogP contribution in [-0.2, 0) is 11.2 Å². The van der Waals surface area contributed by atoms with E-state index in [1.165, 1.54) is 0 Å². The SMILES string of the molecule is O=C1C=C(N(O)O)N=C2C(c3ccccc3)=C(Cc3ccccc3)NC12. The van der Waals surface area contributed by atoms with Crippen LogP contribution in [0.3, 0.4) is 0 Å². The molecule has 2 aromatic rings. The number of hydroxylamine groups is 2. The van der Waals surface area contributed by atoms with Gasteiger partial charge in [-0.3, -0.25) is 15.2 Å². The van der Waals surface area contributed by atoms with E-state index in [0.29, 0.717) is 12.1 Å². The number of carbonyl (C=O) groups excluding carboxylic acids is 1. The summed E-state index contributed by atoms with van der Waals surface area (Å²) in [5.74, 6) is -0.466. The first-order valence-corrected chi connectivity index (χ1v) is 8.25. The van der Waals surface area contributed by atoms with Crippen LogP contribution in [0.15, 0.2) is 83.3 Å². The Bertz CT molecular complexity index is 931. The lowest BCUT2D eigenvalue weighted by atomic mass is 9.94. The van der Waals surface area contributed by atoms with Crippen molar-refractivity contribution in [1.82, 2.24) is 10.5 Å². The third-order valence-corrected chi connectivity index (χ3v) is 4.43. The van der Waals surface area contributed by atoms with Gasteiger partial charge in [-0.1, -0.05) is 60.7 Å². The summed E-state index contributed by atoms with van der Waals surface area (Å²) in [6.45, 7) is 0. The van der Waals surface area contributed by atoms with E-state index in [9.17, 15) is 15.2 Å². The first-order chi connectivity index (χ1) is 12.6. The van der Waals surface area contributed by atoms with Crippen LogP contribution >= 0.6 is 0 Å². The Balaban J connectivity index is 1.83. The predicted molar refractivity (Wildman–Crippen MR) is 96.4 cm³/mol. The Morgan fingerprint density at radius 3 is 2.31 bits per heavy atom. The maximum absolute atomic E-state index is 12.5. The van der Waals surface area contributed by atoms with Gasteiger partial charge in [-0.2, -0.15) is 0 Å². The zero-order valence-corrected chi connectivity index (χ0v) is 13.8. The number of fused-ring (bicyclic) bond motifs is 1. The van der Waals surface area contributed by atoms with Gasteiger partial charge in [-0.25, -0.2) is 4.99 Å². The van der Waals surface area contributed by atoms with Gasteiger partial charge in [0.1, 0.15) is 6.04 Å². The molecule has 26 heavy (non-hydrogen) atoms. The summed E-state index contributed by atoms with van der Waals surface area (Å²) in [7, 11) is 0. The monoisotopic (exact) mass is 347 g/mol. The van der Waals surface area contributed by atoms with Crippen LogP contribution in [-0.4, -0.2) is 33.2 Å². The number of benzene rings is 2. The number of nitrogens with one attached hydrogen (secondary N) is 1. The van der Waals surface area contributed by atoms with Gasteiger partial charge in [-0.05, 0) is 11.1 Å². The third-order valence-electron chi connectivity index (χ3n) is 4.43. The quantitative estimate of drug-likeness (QED) is 0.740. The average Bonchev–Trinajstić information content (AvgIpc) is 3.01. The number of aliphatic imine (C=N–C) groups is 1. The van der Waals surface area contributed by atoms with Gasteiger partial charge in [0.2, 0.25) is 0 Å². The van der Waals surface area contributed by atoms with Crippen LogP contribution in [0.5, 0.6) is 0 Å². The molecule has 2 aromatic carbocycles.